The second-order valence-corrected chi connectivity index (χ2v) is 5.76. The maximum absolute atomic E-state index is 9.97. The van der Waals surface area contributed by atoms with E-state index in [0.29, 0.717) is 30.6 Å². The third-order valence-electron chi connectivity index (χ3n) is 3.67. The van der Waals surface area contributed by atoms with Gasteiger partial charge in [-0.2, -0.15) is 0 Å². The molecule has 0 saturated carbocycles. The average Bonchev–Trinajstić information content (AvgIpc) is 3.02. The summed E-state index contributed by atoms with van der Waals surface area (Å²) in [6, 6.07) is 7.34. The highest BCUT2D eigenvalue weighted by atomic mass is 32.1. The molecule has 1 atom stereocenters. The van der Waals surface area contributed by atoms with Crippen LogP contribution in [0.15, 0.2) is 24.3 Å². The Morgan fingerprint density at radius 1 is 1.50 bits per heavy atom. The Morgan fingerprint density at radius 3 is 3.00 bits per heavy atom. The lowest BCUT2D eigenvalue weighted by Crippen LogP contribution is -2.44. The second-order valence-electron chi connectivity index (χ2n) is 5.37. The molecule has 122 valence electrons. The zero-order chi connectivity index (χ0) is 15.8. The van der Waals surface area contributed by atoms with Crippen molar-refractivity contribution in [1.29, 1.82) is 0 Å². The number of hydrogen-bond acceptors (Lipinski definition) is 4. The number of phenolic OH excluding ortho intramolecular Hbond substituents is 1. The van der Waals surface area contributed by atoms with Gasteiger partial charge in [-0.3, -0.25) is 0 Å². The number of nitrogens with one attached hydrogen (secondary N) is 1. The Kier molecular flexibility index (Phi) is 6.89. The van der Waals surface area contributed by atoms with E-state index in [2.05, 4.69) is 10.2 Å². The van der Waals surface area contributed by atoms with Crippen LogP contribution in [0.1, 0.15) is 18.4 Å². The van der Waals surface area contributed by atoms with E-state index in [4.69, 9.17) is 21.7 Å². The second kappa shape index (κ2) is 8.92. The number of thiocarbonyl (C=S) groups is 1. The highest BCUT2D eigenvalue weighted by Gasteiger charge is 2.21. The molecule has 0 aliphatic carbocycles. The molecule has 5 nitrogen and oxygen atoms in total. The van der Waals surface area contributed by atoms with Crippen LogP contribution in [0.2, 0.25) is 0 Å². The third-order valence-corrected chi connectivity index (χ3v) is 4.07. The van der Waals surface area contributed by atoms with Crippen molar-refractivity contribution < 1.29 is 14.6 Å². The lowest BCUT2D eigenvalue weighted by atomic mass is 10.1. The number of nitrogens with zero attached hydrogens (tertiary/aromatic N) is 1. The summed E-state index contributed by atoms with van der Waals surface area (Å²) < 4.78 is 10.7. The van der Waals surface area contributed by atoms with Gasteiger partial charge in [0, 0.05) is 38.9 Å². The molecule has 1 unspecified atom stereocenters. The number of rotatable bonds is 7. The quantitative estimate of drug-likeness (QED) is 0.590. The van der Waals surface area contributed by atoms with Crippen molar-refractivity contribution in [2.75, 3.05) is 33.4 Å². The first kappa shape index (κ1) is 17.0. The Hall–Kier alpha value is -1.37. The first-order valence-electron chi connectivity index (χ1n) is 7.61. The molecule has 1 saturated heterocycles. The van der Waals surface area contributed by atoms with Gasteiger partial charge in [-0.15, -0.1) is 0 Å². The summed E-state index contributed by atoms with van der Waals surface area (Å²) in [5.41, 5.74) is 0.858. The number of methoxy groups -OCH3 is 1. The monoisotopic (exact) mass is 324 g/mol. The van der Waals surface area contributed by atoms with Crippen LogP contribution in [0.3, 0.4) is 0 Å². The third kappa shape index (κ3) is 5.12. The fraction of sp³-hybridized carbons (Fsp3) is 0.562. The van der Waals surface area contributed by atoms with Crippen LogP contribution in [0.4, 0.5) is 0 Å². The molecule has 2 rings (SSSR count). The van der Waals surface area contributed by atoms with Crippen LogP contribution in [0.5, 0.6) is 5.75 Å². The molecule has 1 aliphatic heterocycles. The molecule has 0 spiro atoms. The van der Waals surface area contributed by atoms with Crippen molar-refractivity contribution in [2.45, 2.75) is 25.5 Å². The maximum Gasteiger partial charge on any atom is 0.169 e. The van der Waals surface area contributed by atoms with Crippen molar-refractivity contribution in [3.63, 3.8) is 0 Å². The summed E-state index contributed by atoms with van der Waals surface area (Å²) in [6.07, 6.45) is 2.35. The first-order valence-corrected chi connectivity index (χ1v) is 8.01. The molecular formula is C16H24N2O3S. The number of aromatic hydroxyl groups is 1. The molecule has 0 radical (unpaired) electrons. The zero-order valence-corrected chi connectivity index (χ0v) is 13.8. The van der Waals surface area contributed by atoms with E-state index in [0.717, 1.165) is 31.6 Å². The van der Waals surface area contributed by atoms with Gasteiger partial charge in [0.05, 0.1) is 12.7 Å². The lowest BCUT2D eigenvalue weighted by molar-refractivity contribution is 0.0894. The highest BCUT2D eigenvalue weighted by molar-refractivity contribution is 7.80. The molecule has 0 amide bonds. The number of phenols is 1. The molecule has 1 aromatic carbocycles. The molecule has 1 fully saturated rings. The van der Waals surface area contributed by atoms with Crippen molar-refractivity contribution >= 4 is 17.3 Å². The lowest BCUT2D eigenvalue weighted by Gasteiger charge is -2.28. The zero-order valence-electron chi connectivity index (χ0n) is 13.0. The minimum absolute atomic E-state index is 0.202. The van der Waals surface area contributed by atoms with E-state index in [1.54, 1.807) is 13.2 Å². The predicted molar refractivity (Wildman–Crippen MR) is 90.0 cm³/mol. The predicted octanol–water partition coefficient (Wildman–Crippen LogP) is 1.89. The average molecular weight is 324 g/mol. The standard InChI is InChI=1S/C16H24N2O3S/c1-20-10-8-17-16(22)18(12-14-6-4-9-21-14)11-13-5-2-3-7-15(13)19/h2-3,5,7,14,19H,4,6,8-12H2,1H3,(H,17,22). The van der Waals surface area contributed by atoms with E-state index in [1.807, 2.05) is 18.2 Å². The van der Waals surface area contributed by atoms with Gasteiger partial charge in [0.25, 0.3) is 0 Å². The summed E-state index contributed by atoms with van der Waals surface area (Å²) >= 11 is 5.49. The van der Waals surface area contributed by atoms with E-state index in [9.17, 15) is 5.11 Å². The van der Waals surface area contributed by atoms with Gasteiger partial charge in [0.1, 0.15) is 5.75 Å². The topological polar surface area (TPSA) is 54.0 Å². The minimum Gasteiger partial charge on any atom is -0.508 e. The molecule has 0 aromatic heterocycles. The number of ether oxygens (including phenoxy) is 2. The summed E-state index contributed by atoms with van der Waals surface area (Å²) in [7, 11) is 1.66. The van der Waals surface area contributed by atoms with E-state index in [-0.39, 0.29) is 6.10 Å². The Bertz CT molecular complexity index is 478. The van der Waals surface area contributed by atoms with Gasteiger partial charge >= 0.3 is 0 Å². The van der Waals surface area contributed by atoms with Crippen molar-refractivity contribution in [3.8, 4) is 5.75 Å². The van der Waals surface area contributed by atoms with Gasteiger partial charge in [-0.1, -0.05) is 18.2 Å². The summed E-state index contributed by atoms with van der Waals surface area (Å²) in [5, 5.41) is 13.8. The first-order chi connectivity index (χ1) is 10.7. The SMILES string of the molecule is COCCNC(=S)N(Cc1ccccc1O)CC1CCCO1. The Labute approximate surface area is 137 Å². The smallest absolute Gasteiger partial charge is 0.169 e. The Morgan fingerprint density at radius 2 is 2.32 bits per heavy atom. The normalized spacial score (nSPS) is 17.4. The van der Waals surface area contributed by atoms with Gasteiger partial charge in [0.2, 0.25) is 0 Å². The molecule has 22 heavy (non-hydrogen) atoms. The molecule has 1 aromatic rings. The molecule has 6 heteroatoms. The van der Waals surface area contributed by atoms with Gasteiger partial charge < -0.3 is 24.8 Å². The van der Waals surface area contributed by atoms with Gasteiger partial charge in [-0.05, 0) is 31.1 Å². The van der Waals surface area contributed by atoms with Crippen LogP contribution < -0.4 is 5.32 Å². The van der Waals surface area contributed by atoms with E-state index < -0.39 is 0 Å². The summed E-state index contributed by atoms with van der Waals surface area (Å²) in [5.74, 6) is 0.291. The molecular weight excluding hydrogens is 300 g/mol. The molecule has 0 bridgehead atoms. The number of para-hydroxylation sites is 1. The van der Waals surface area contributed by atoms with Crippen LogP contribution in [-0.4, -0.2) is 54.6 Å². The van der Waals surface area contributed by atoms with E-state index in [1.165, 1.54) is 0 Å². The summed E-state index contributed by atoms with van der Waals surface area (Å²) in [4.78, 5) is 2.05. The van der Waals surface area contributed by atoms with Gasteiger partial charge in [-0.25, -0.2) is 0 Å². The van der Waals surface area contributed by atoms with Gasteiger partial charge in [0.15, 0.2) is 5.11 Å². The molecule has 1 heterocycles. The van der Waals surface area contributed by atoms with Crippen molar-refractivity contribution in [1.82, 2.24) is 10.2 Å². The van der Waals surface area contributed by atoms with Crippen LogP contribution in [0.25, 0.3) is 0 Å². The number of benzene rings is 1. The minimum atomic E-state index is 0.202. The van der Waals surface area contributed by atoms with Crippen LogP contribution in [-0.2, 0) is 16.0 Å². The summed E-state index contributed by atoms with van der Waals surface area (Å²) in [6.45, 7) is 3.38. The molecule has 2 N–H and O–H groups in total. The fourth-order valence-corrected chi connectivity index (χ4v) is 2.72. The fourth-order valence-electron chi connectivity index (χ4n) is 2.48. The Balaban J connectivity index is 1.99. The highest BCUT2D eigenvalue weighted by Crippen LogP contribution is 2.20. The molecule has 1 aliphatic rings. The van der Waals surface area contributed by atoms with Crippen molar-refractivity contribution in [2.24, 2.45) is 0 Å². The van der Waals surface area contributed by atoms with Crippen molar-refractivity contribution in [3.05, 3.63) is 29.8 Å². The largest absolute Gasteiger partial charge is 0.508 e. The van der Waals surface area contributed by atoms with Crippen LogP contribution >= 0.6 is 12.2 Å². The van der Waals surface area contributed by atoms with Crippen LogP contribution in [0, 0.1) is 0 Å². The number of hydrogen-bond donors (Lipinski definition) is 2. The maximum atomic E-state index is 9.97. The van der Waals surface area contributed by atoms with E-state index >= 15 is 0 Å².